The van der Waals surface area contributed by atoms with Gasteiger partial charge in [-0.1, -0.05) is 0 Å². The van der Waals surface area contributed by atoms with Gasteiger partial charge in [0.25, 0.3) is 0 Å². The van der Waals surface area contributed by atoms with E-state index < -0.39 is 38.5 Å². The second-order valence-electron chi connectivity index (χ2n) is 2.02. The Labute approximate surface area is 96.6 Å². The summed E-state index contributed by atoms with van der Waals surface area (Å²) < 4.78 is 16.4. The summed E-state index contributed by atoms with van der Waals surface area (Å²) >= 11 is -5.15. The molecule has 17 heavy (non-hydrogen) atoms. The van der Waals surface area contributed by atoms with Gasteiger partial charge in [-0.25, -0.2) is 0 Å². The Kier molecular flexibility index (Phi) is 4.83. The number of nitrogens with two attached hydrogens (primary N) is 4. The maximum atomic E-state index is 10.5. The summed E-state index contributed by atoms with van der Waals surface area (Å²) in [6, 6.07) is 0. The predicted molar refractivity (Wildman–Crippen MR) is 48.4 cm³/mol. The van der Waals surface area contributed by atoms with E-state index in [1.165, 1.54) is 0 Å². The van der Waals surface area contributed by atoms with E-state index in [0.717, 1.165) is 0 Å². The molecule has 4 amide bonds. The number of primary amides is 4. The zero-order valence-corrected chi connectivity index (χ0v) is 9.70. The van der Waals surface area contributed by atoms with E-state index in [1.807, 2.05) is 0 Å². The molecular weight excluding hydrogens is 311 g/mol. The number of hydrogen-bond donors (Lipinski definition) is 4. The van der Waals surface area contributed by atoms with Gasteiger partial charge >= 0.3 is 95.9 Å². The summed E-state index contributed by atoms with van der Waals surface area (Å²) in [6.07, 6.45) is -6.30. The van der Waals surface area contributed by atoms with E-state index >= 15 is 0 Å². The Morgan fingerprint density at radius 1 is 0.588 bits per heavy atom. The molecule has 0 heterocycles. The van der Waals surface area contributed by atoms with Gasteiger partial charge in [0.1, 0.15) is 0 Å². The molecule has 0 aliphatic heterocycles. The van der Waals surface area contributed by atoms with Gasteiger partial charge in [-0.3, -0.25) is 0 Å². The summed E-state index contributed by atoms with van der Waals surface area (Å²) in [4.78, 5) is 42.0. The van der Waals surface area contributed by atoms with E-state index in [1.54, 1.807) is 0 Å². The zero-order valence-electron chi connectivity index (χ0n) is 7.98. The van der Waals surface area contributed by atoms with Gasteiger partial charge < -0.3 is 0 Å². The molecule has 12 nitrogen and oxygen atoms in total. The standard InChI is InChI=1S/C4H8N4O8Se/c5-1(9)13-17(14-2(6)10,15-3(7)11)16-4(8)12/h(H2,5,9)(H2,6,10)(H2,7,11)(H2,8,12). The molecule has 0 aromatic heterocycles. The fourth-order valence-electron chi connectivity index (χ4n) is 0.504. The third-order valence-electron chi connectivity index (χ3n) is 0.737. The zero-order chi connectivity index (χ0) is 13.6. The molecular formula is C4H8N4O8Se. The Balaban J connectivity index is 5.16. The molecule has 0 aliphatic carbocycles. The Morgan fingerprint density at radius 3 is 0.882 bits per heavy atom. The van der Waals surface area contributed by atoms with Crippen LogP contribution in [-0.2, 0) is 15.3 Å². The van der Waals surface area contributed by atoms with Crippen molar-refractivity contribution >= 4 is 38.5 Å². The first-order valence-corrected chi connectivity index (χ1v) is 6.25. The molecule has 0 aromatic carbocycles. The molecule has 0 rings (SSSR count). The Morgan fingerprint density at radius 2 is 0.765 bits per heavy atom. The monoisotopic (exact) mass is 320 g/mol. The molecule has 98 valence electrons. The minimum absolute atomic E-state index is 1.58. The minimum atomic E-state index is -5.15. The maximum absolute atomic E-state index is 10.5. The van der Waals surface area contributed by atoms with Crippen molar-refractivity contribution in [1.82, 2.24) is 0 Å². The van der Waals surface area contributed by atoms with Gasteiger partial charge in [0, 0.05) is 0 Å². The number of carbonyl (C=O) groups excluding carboxylic acids is 4. The van der Waals surface area contributed by atoms with E-state index in [2.05, 4.69) is 38.2 Å². The quantitative estimate of drug-likeness (QED) is 0.417. The van der Waals surface area contributed by atoms with Crippen LogP contribution in [0.5, 0.6) is 0 Å². The molecule has 0 saturated carbocycles. The van der Waals surface area contributed by atoms with Gasteiger partial charge in [0.05, 0.1) is 0 Å². The topological polar surface area (TPSA) is 209 Å². The van der Waals surface area contributed by atoms with Crippen LogP contribution < -0.4 is 22.9 Å². The molecule has 0 fully saturated rings. The van der Waals surface area contributed by atoms with Gasteiger partial charge in [-0.05, 0) is 0 Å². The summed E-state index contributed by atoms with van der Waals surface area (Å²) in [7, 11) is 0. The number of carbonyl (C=O) groups is 4. The van der Waals surface area contributed by atoms with Crippen molar-refractivity contribution in [2.45, 2.75) is 0 Å². The SMILES string of the molecule is NC(=O)O[Se](OC(N)=O)(OC(N)=O)OC(N)=O. The van der Waals surface area contributed by atoms with Crippen LogP contribution in [0, 0.1) is 0 Å². The summed E-state index contributed by atoms with van der Waals surface area (Å²) in [5, 5.41) is 0. The van der Waals surface area contributed by atoms with Crippen LogP contribution in [0.25, 0.3) is 0 Å². The van der Waals surface area contributed by atoms with Gasteiger partial charge in [-0.2, -0.15) is 0 Å². The fourth-order valence-corrected chi connectivity index (χ4v) is 2.62. The summed E-state index contributed by atoms with van der Waals surface area (Å²) in [6.45, 7) is 0. The number of rotatable bonds is 4. The first-order chi connectivity index (χ1) is 7.67. The molecule has 0 aromatic rings. The van der Waals surface area contributed by atoms with Gasteiger partial charge in [-0.15, -0.1) is 0 Å². The average molecular weight is 319 g/mol. The van der Waals surface area contributed by atoms with E-state index in [9.17, 15) is 19.2 Å². The van der Waals surface area contributed by atoms with Crippen molar-refractivity contribution < 1.29 is 34.5 Å². The van der Waals surface area contributed by atoms with E-state index in [-0.39, 0.29) is 0 Å². The Hall–Kier alpha value is -2.40. The first kappa shape index (κ1) is 14.6. The van der Waals surface area contributed by atoms with E-state index in [0.29, 0.717) is 0 Å². The Bertz CT molecular complexity index is 288. The van der Waals surface area contributed by atoms with Crippen molar-refractivity contribution in [2.24, 2.45) is 22.9 Å². The third-order valence-corrected chi connectivity index (χ3v) is 3.83. The number of hydrogen-bond acceptors (Lipinski definition) is 8. The fraction of sp³-hybridized carbons (Fsp3) is 0. The number of amides is 4. The van der Waals surface area contributed by atoms with Crippen LogP contribution in [-0.4, -0.2) is 38.5 Å². The molecule has 0 radical (unpaired) electrons. The molecule has 0 spiro atoms. The molecule has 13 heteroatoms. The molecule has 0 unspecified atom stereocenters. The van der Waals surface area contributed by atoms with Crippen LogP contribution in [0.15, 0.2) is 0 Å². The predicted octanol–water partition coefficient (Wildman–Crippen LogP) is -2.20. The summed E-state index contributed by atoms with van der Waals surface area (Å²) in [5.41, 5.74) is 18.3. The molecule has 0 atom stereocenters. The normalized spacial score (nSPS) is 10.8. The third kappa shape index (κ3) is 5.91. The van der Waals surface area contributed by atoms with Crippen molar-refractivity contribution in [3.8, 4) is 0 Å². The van der Waals surface area contributed by atoms with Gasteiger partial charge in [0.2, 0.25) is 0 Å². The average Bonchev–Trinajstić information content (AvgIpc) is 1.95. The van der Waals surface area contributed by atoms with Gasteiger partial charge in [0.15, 0.2) is 0 Å². The van der Waals surface area contributed by atoms with Crippen molar-refractivity contribution in [2.75, 3.05) is 0 Å². The second kappa shape index (κ2) is 5.62. The van der Waals surface area contributed by atoms with E-state index in [4.69, 9.17) is 0 Å². The molecule has 0 bridgehead atoms. The van der Waals surface area contributed by atoms with Crippen LogP contribution >= 0.6 is 0 Å². The molecule has 8 N–H and O–H groups in total. The van der Waals surface area contributed by atoms with Crippen LogP contribution in [0.3, 0.4) is 0 Å². The van der Waals surface area contributed by atoms with Crippen LogP contribution in [0.4, 0.5) is 19.2 Å². The first-order valence-electron chi connectivity index (χ1n) is 3.45. The molecule has 0 saturated heterocycles. The summed E-state index contributed by atoms with van der Waals surface area (Å²) in [5.74, 6) is 0. The molecule has 0 aliphatic rings. The van der Waals surface area contributed by atoms with Crippen LogP contribution in [0.1, 0.15) is 0 Å². The van der Waals surface area contributed by atoms with Crippen molar-refractivity contribution in [3.63, 3.8) is 0 Å². The van der Waals surface area contributed by atoms with Crippen molar-refractivity contribution in [1.29, 1.82) is 0 Å². The second-order valence-corrected chi connectivity index (χ2v) is 5.13. The van der Waals surface area contributed by atoms with Crippen molar-refractivity contribution in [3.05, 3.63) is 0 Å². The van der Waals surface area contributed by atoms with Crippen LogP contribution in [0.2, 0.25) is 0 Å².